The molecule has 1 aliphatic rings. The Bertz CT molecular complexity index is 776. The minimum Gasteiger partial charge on any atom is -0.468 e. The lowest BCUT2D eigenvalue weighted by Crippen LogP contribution is -2.37. The molecule has 1 amide bonds. The highest BCUT2D eigenvalue weighted by Gasteiger charge is 2.26. The van der Waals surface area contributed by atoms with Gasteiger partial charge in [-0.05, 0) is 56.5 Å². The molecule has 0 saturated carbocycles. The number of aromatic nitrogens is 2. The van der Waals surface area contributed by atoms with Gasteiger partial charge in [0.1, 0.15) is 11.5 Å². The molecule has 0 radical (unpaired) electrons. The van der Waals surface area contributed by atoms with Crippen molar-refractivity contribution in [2.24, 2.45) is 5.92 Å². The Labute approximate surface area is 152 Å². The number of furan rings is 1. The van der Waals surface area contributed by atoms with Gasteiger partial charge in [-0.2, -0.15) is 4.98 Å². The second-order valence-electron chi connectivity index (χ2n) is 7.18. The fraction of sp³-hybridized carbons (Fsp3) is 0.526. The molecule has 26 heavy (non-hydrogen) atoms. The van der Waals surface area contributed by atoms with Crippen molar-refractivity contribution >= 4 is 5.91 Å². The first-order chi connectivity index (χ1) is 12.5. The van der Waals surface area contributed by atoms with E-state index in [4.69, 9.17) is 4.42 Å². The minimum absolute atomic E-state index is 0.00594. The van der Waals surface area contributed by atoms with Gasteiger partial charge < -0.3 is 14.7 Å². The highest BCUT2D eigenvalue weighted by molar-refractivity contribution is 5.92. The van der Waals surface area contributed by atoms with Gasteiger partial charge in [-0.3, -0.25) is 9.69 Å². The number of hydrogen-bond donors (Lipinski definition) is 2. The Hall–Kier alpha value is -2.41. The molecule has 1 aliphatic heterocycles. The van der Waals surface area contributed by atoms with Gasteiger partial charge in [-0.1, -0.05) is 13.8 Å². The summed E-state index contributed by atoms with van der Waals surface area (Å²) in [5.41, 5.74) is 0.395. The number of H-pyrrole nitrogens is 1. The zero-order valence-electron chi connectivity index (χ0n) is 15.3. The largest absolute Gasteiger partial charge is 0.468 e. The van der Waals surface area contributed by atoms with Crippen LogP contribution in [0.3, 0.4) is 0 Å². The molecule has 0 aliphatic carbocycles. The van der Waals surface area contributed by atoms with Crippen LogP contribution < -0.4 is 11.0 Å². The number of carbonyl (C=O) groups is 1. The maximum atomic E-state index is 12.5. The van der Waals surface area contributed by atoms with Crippen molar-refractivity contribution in [2.45, 2.75) is 39.2 Å². The van der Waals surface area contributed by atoms with E-state index in [-0.39, 0.29) is 17.6 Å². The topological polar surface area (TPSA) is 91.2 Å². The van der Waals surface area contributed by atoms with Crippen molar-refractivity contribution in [3.8, 4) is 0 Å². The van der Waals surface area contributed by atoms with E-state index in [1.54, 1.807) is 12.3 Å². The van der Waals surface area contributed by atoms with Gasteiger partial charge in [0.25, 0.3) is 5.91 Å². The number of aromatic amines is 1. The predicted octanol–water partition coefficient (Wildman–Crippen LogP) is 2.13. The SMILES string of the molecule is CC(C)Cc1cc(C(=O)NCC(c2ccco2)N2CCCC2)nc(=O)[nH]1. The normalized spacial score (nSPS) is 16.1. The van der Waals surface area contributed by atoms with Gasteiger partial charge in [-0.25, -0.2) is 4.79 Å². The Morgan fingerprint density at radius 3 is 2.81 bits per heavy atom. The van der Waals surface area contributed by atoms with Gasteiger partial charge in [0, 0.05) is 12.2 Å². The van der Waals surface area contributed by atoms with Crippen LogP contribution in [0.4, 0.5) is 0 Å². The van der Waals surface area contributed by atoms with Crippen LogP contribution in [0.2, 0.25) is 0 Å². The molecule has 1 atom stereocenters. The summed E-state index contributed by atoms with van der Waals surface area (Å²) in [6.45, 7) is 6.51. The molecule has 3 rings (SSSR count). The van der Waals surface area contributed by atoms with Crippen LogP contribution in [0.5, 0.6) is 0 Å². The van der Waals surface area contributed by atoms with E-state index < -0.39 is 5.69 Å². The smallest absolute Gasteiger partial charge is 0.345 e. The third-order valence-electron chi connectivity index (χ3n) is 4.57. The van der Waals surface area contributed by atoms with E-state index in [1.807, 2.05) is 12.1 Å². The summed E-state index contributed by atoms with van der Waals surface area (Å²) in [7, 11) is 0. The number of rotatable bonds is 7. The molecule has 0 aromatic carbocycles. The van der Waals surface area contributed by atoms with Crippen molar-refractivity contribution < 1.29 is 9.21 Å². The minimum atomic E-state index is -0.490. The number of likely N-dealkylation sites (tertiary alicyclic amines) is 1. The standard InChI is InChI=1S/C19H26N4O3/c1-13(2)10-14-11-15(22-19(25)21-14)18(24)20-12-16(17-6-5-9-26-17)23-7-3-4-8-23/h5-6,9,11,13,16H,3-4,7-8,10,12H2,1-2H3,(H,20,24)(H,21,22,25). The molecule has 1 saturated heterocycles. The Balaban J connectivity index is 1.70. The highest BCUT2D eigenvalue weighted by Crippen LogP contribution is 2.24. The molecule has 7 heteroatoms. The van der Waals surface area contributed by atoms with Crippen LogP contribution >= 0.6 is 0 Å². The summed E-state index contributed by atoms with van der Waals surface area (Å²) in [6, 6.07) is 5.45. The van der Waals surface area contributed by atoms with E-state index in [2.05, 4.69) is 34.0 Å². The first kappa shape index (κ1) is 18.4. The molecular formula is C19H26N4O3. The molecular weight excluding hydrogens is 332 g/mol. The average molecular weight is 358 g/mol. The summed E-state index contributed by atoms with van der Waals surface area (Å²) in [6.07, 6.45) is 4.65. The maximum Gasteiger partial charge on any atom is 0.345 e. The molecule has 0 bridgehead atoms. The molecule has 2 N–H and O–H groups in total. The Morgan fingerprint density at radius 2 is 2.15 bits per heavy atom. The van der Waals surface area contributed by atoms with Crippen LogP contribution in [-0.2, 0) is 6.42 Å². The van der Waals surface area contributed by atoms with Crippen LogP contribution in [0.1, 0.15) is 54.7 Å². The lowest BCUT2D eigenvalue weighted by atomic mass is 10.1. The molecule has 2 aromatic heterocycles. The van der Waals surface area contributed by atoms with Crippen LogP contribution in [0.15, 0.2) is 33.7 Å². The Morgan fingerprint density at radius 1 is 1.38 bits per heavy atom. The van der Waals surface area contributed by atoms with E-state index in [1.165, 1.54) is 0 Å². The molecule has 140 valence electrons. The molecule has 1 fully saturated rings. The van der Waals surface area contributed by atoms with Gasteiger partial charge in [0.05, 0.1) is 12.3 Å². The molecule has 1 unspecified atom stereocenters. The summed E-state index contributed by atoms with van der Waals surface area (Å²) in [5, 5.41) is 2.92. The van der Waals surface area contributed by atoms with Crippen LogP contribution in [-0.4, -0.2) is 40.4 Å². The van der Waals surface area contributed by atoms with Crippen molar-refractivity contribution in [1.82, 2.24) is 20.2 Å². The quantitative estimate of drug-likeness (QED) is 0.791. The van der Waals surface area contributed by atoms with Gasteiger partial charge in [0.2, 0.25) is 0 Å². The zero-order chi connectivity index (χ0) is 18.5. The van der Waals surface area contributed by atoms with Gasteiger partial charge in [-0.15, -0.1) is 0 Å². The molecule has 7 nitrogen and oxygen atoms in total. The summed E-state index contributed by atoms with van der Waals surface area (Å²) in [5.74, 6) is 0.880. The second-order valence-corrected chi connectivity index (χ2v) is 7.18. The van der Waals surface area contributed by atoms with E-state index in [0.29, 0.717) is 18.9 Å². The van der Waals surface area contributed by atoms with Crippen molar-refractivity contribution in [2.75, 3.05) is 19.6 Å². The van der Waals surface area contributed by atoms with Crippen LogP contribution in [0.25, 0.3) is 0 Å². The third-order valence-corrected chi connectivity index (χ3v) is 4.57. The number of nitrogens with one attached hydrogen (secondary N) is 2. The molecule has 3 heterocycles. The van der Waals surface area contributed by atoms with Crippen molar-refractivity contribution in [1.29, 1.82) is 0 Å². The summed E-state index contributed by atoms with van der Waals surface area (Å²) in [4.78, 5) is 33.1. The monoisotopic (exact) mass is 358 g/mol. The summed E-state index contributed by atoms with van der Waals surface area (Å²) < 4.78 is 5.56. The lowest BCUT2D eigenvalue weighted by Gasteiger charge is -2.25. The van der Waals surface area contributed by atoms with Crippen molar-refractivity contribution in [3.63, 3.8) is 0 Å². The molecule has 2 aromatic rings. The van der Waals surface area contributed by atoms with E-state index >= 15 is 0 Å². The highest BCUT2D eigenvalue weighted by atomic mass is 16.3. The zero-order valence-corrected chi connectivity index (χ0v) is 15.3. The third kappa shape index (κ3) is 4.60. The number of hydrogen-bond acceptors (Lipinski definition) is 5. The van der Waals surface area contributed by atoms with Gasteiger partial charge in [0.15, 0.2) is 0 Å². The van der Waals surface area contributed by atoms with Gasteiger partial charge >= 0.3 is 5.69 Å². The van der Waals surface area contributed by atoms with Crippen LogP contribution in [0, 0.1) is 5.92 Å². The first-order valence-electron chi connectivity index (χ1n) is 9.19. The molecule has 0 spiro atoms. The first-order valence-corrected chi connectivity index (χ1v) is 9.19. The lowest BCUT2D eigenvalue weighted by molar-refractivity contribution is 0.0928. The van der Waals surface area contributed by atoms with Crippen molar-refractivity contribution in [3.05, 3.63) is 52.1 Å². The maximum absolute atomic E-state index is 12.5. The fourth-order valence-corrected chi connectivity index (χ4v) is 3.40. The predicted molar refractivity (Wildman–Crippen MR) is 98.0 cm³/mol. The number of nitrogens with zero attached hydrogens (tertiary/aromatic N) is 2. The second kappa shape index (κ2) is 8.31. The van der Waals surface area contributed by atoms with E-state index in [9.17, 15) is 9.59 Å². The summed E-state index contributed by atoms with van der Waals surface area (Å²) >= 11 is 0. The number of amides is 1. The van der Waals surface area contributed by atoms with E-state index in [0.717, 1.165) is 37.4 Å². The number of carbonyl (C=O) groups excluding carboxylic acids is 1. The fourth-order valence-electron chi connectivity index (χ4n) is 3.40. The Kier molecular flexibility index (Phi) is 5.88. The average Bonchev–Trinajstić information content (AvgIpc) is 3.28.